The number of aromatic nitrogens is 1. The molecule has 2 aromatic carbocycles. The van der Waals surface area contributed by atoms with E-state index < -0.39 is 52.3 Å². The number of nitriles is 1. The predicted molar refractivity (Wildman–Crippen MR) is 115 cm³/mol. The first-order valence-corrected chi connectivity index (χ1v) is 10.6. The summed E-state index contributed by atoms with van der Waals surface area (Å²) in [6, 6.07) is 9.17. The Hall–Kier alpha value is -3.98. The summed E-state index contributed by atoms with van der Waals surface area (Å²) in [4.78, 5) is 36.9. The molecule has 2 heterocycles. The van der Waals surface area contributed by atoms with Gasteiger partial charge in [0.1, 0.15) is 17.9 Å². The lowest BCUT2D eigenvalue weighted by molar-refractivity contribution is -0.138. The average Bonchev–Trinajstić information content (AvgIpc) is 2.79. The number of carbonyl (C=O) groups is 2. The quantitative estimate of drug-likeness (QED) is 0.512. The van der Waals surface area contributed by atoms with Crippen LogP contribution in [0, 0.1) is 11.3 Å². The second-order valence-corrected chi connectivity index (χ2v) is 8.67. The molecule has 12 heteroatoms. The van der Waals surface area contributed by atoms with Gasteiger partial charge in [0.05, 0.1) is 28.0 Å². The lowest BCUT2D eigenvalue weighted by Crippen LogP contribution is -2.37. The molecule has 0 bridgehead atoms. The van der Waals surface area contributed by atoms with E-state index in [1.165, 1.54) is 40.6 Å². The fourth-order valence-corrected chi connectivity index (χ4v) is 5.08. The number of rotatable bonds is 4. The van der Waals surface area contributed by atoms with Gasteiger partial charge in [-0.3, -0.25) is 14.4 Å². The molecular formula is C22H14F3N3O5S. The maximum Gasteiger partial charge on any atom is 0.416 e. The van der Waals surface area contributed by atoms with Crippen LogP contribution in [0.1, 0.15) is 32.3 Å². The number of carboxylic acid groups (broad SMARTS) is 1. The first kappa shape index (κ1) is 23.2. The van der Waals surface area contributed by atoms with E-state index in [2.05, 4.69) is 0 Å². The first-order valence-electron chi connectivity index (χ1n) is 9.68. The summed E-state index contributed by atoms with van der Waals surface area (Å²) < 4.78 is 40.0. The second kappa shape index (κ2) is 8.42. The van der Waals surface area contributed by atoms with Gasteiger partial charge in [-0.25, -0.2) is 0 Å². The number of carboxylic acids is 1. The van der Waals surface area contributed by atoms with Gasteiger partial charge in [0, 0.05) is 16.8 Å². The van der Waals surface area contributed by atoms with Crippen molar-refractivity contribution in [3.05, 3.63) is 69.0 Å². The third kappa shape index (κ3) is 4.06. The van der Waals surface area contributed by atoms with Crippen molar-refractivity contribution in [3.63, 3.8) is 0 Å². The molecule has 1 aliphatic rings. The largest absolute Gasteiger partial charge is 0.506 e. The average molecular weight is 489 g/mol. The van der Waals surface area contributed by atoms with Crippen LogP contribution in [0.4, 0.5) is 13.2 Å². The van der Waals surface area contributed by atoms with Crippen molar-refractivity contribution in [3.8, 4) is 11.8 Å². The summed E-state index contributed by atoms with van der Waals surface area (Å²) in [5.74, 6) is -3.15. The zero-order valence-corrected chi connectivity index (χ0v) is 17.8. The van der Waals surface area contributed by atoms with Gasteiger partial charge in [0.15, 0.2) is 0 Å². The molecule has 1 unspecified atom stereocenters. The van der Waals surface area contributed by atoms with Crippen molar-refractivity contribution in [1.82, 2.24) is 9.88 Å². The molecule has 0 saturated heterocycles. The van der Waals surface area contributed by atoms with Gasteiger partial charge in [-0.15, -0.1) is 11.8 Å². The number of benzene rings is 2. The van der Waals surface area contributed by atoms with E-state index in [-0.39, 0.29) is 23.0 Å². The van der Waals surface area contributed by atoms with Crippen LogP contribution in [0.15, 0.2) is 46.1 Å². The number of hydrogen-bond donors (Lipinski definition) is 3. The number of hydrogen-bond acceptors (Lipinski definition) is 6. The van der Waals surface area contributed by atoms with Crippen molar-refractivity contribution in [2.24, 2.45) is 0 Å². The molecule has 8 nitrogen and oxygen atoms in total. The predicted octanol–water partition coefficient (Wildman–Crippen LogP) is 3.26. The van der Waals surface area contributed by atoms with E-state index in [1.54, 1.807) is 0 Å². The molecule has 34 heavy (non-hydrogen) atoms. The summed E-state index contributed by atoms with van der Waals surface area (Å²) in [5, 5.41) is 30.4. The van der Waals surface area contributed by atoms with Crippen LogP contribution in [0.25, 0.3) is 10.9 Å². The lowest BCUT2D eigenvalue weighted by atomic mass is 10.0. The Balaban J connectivity index is 1.86. The molecule has 3 N–H and O–H groups in total. The number of halogens is 3. The molecule has 0 fully saturated rings. The van der Waals surface area contributed by atoms with E-state index in [0.29, 0.717) is 10.5 Å². The summed E-state index contributed by atoms with van der Waals surface area (Å²) in [7, 11) is 0. The number of aliphatic carboxylic acids is 1. The molecule has 1 amide bonds. The standard InChI is InChI=1S/C22H14F3N3O5S/c23-22(24,25)12-3-1-11(2-4-12)15-9-28-18-13(5-10(7-26)6-14(18)34-15)19(31)17(21(28)33)20(32)27-8-16(29)30/h1-6,15,31H,8-9H2,(H,27,32)(H,29,30). The molecule has 174 valence electrons. The van der Waals surface area contributed by atoms with Crippen molar-refractivity contribution in [2.45, 2.75) is 22.9 Å². The molecule has 0 spiro atoms. The zero-order chi connectivity index (χ0) is 24.8. The number of nitrogens with one attached hydrogen (secondary N) is 1. The Morgan fingerprint density at radius 1 is 1.24 bits per heavy atom. The third-order valence-corrected chi connectivity index (χ3v) is 6.55. The smallest absolute Gasteiger partial charge is 0.416 e. The summed E-state index contributed by atoms with van der Waals surface area (Å²) >= 11 is 1.21. The SMILES string of the molecule is N#Cc1cc2c3c(c1)c(O)c(C(=O)NCC(=O)O)c(=O)n3CC(c1ccc(C(F)(F)F)cc1)S2. The number of thioether (sulfide) groups is 1. The fourth-order valence-electron chi connectivity index (χ4n) is 3.73. The number of nitrogens with zero attached hydrogens (tertiary/aromatic N) is 2. The second-order valence-electron chi connectivity index (χ2n) is 7.42. The highest BCUT2D eigenvalue weighted by Gasteiger charge is 2.32. The van der Waals surface area contributed by atoms with E-state index >= 15 is 0 Å². The third-order valence-electron chi connectivity index (χ3n) is 5.28. The molecule has 1 atom stereocenters. The monoisotopic (exact) mass is 489 g/mol. The highest BCUT2D eigenvalue weighted by molar-refractivity contribution is 7.99. The number of pyridine rings is 1. The summed E-state index contributed by atoms with van der Waals surface area (Å²) in [6.07, 6.45) is -4.51. The molecule has 0 aliphatic carbocycles. The van der Waals surface area contributed by atoms with Crippen molar-refractivity contribution in [1.29, 1.82) is 5.26 Å². The van der Waals surface area contributed by atoms with Crippen LogP contribution < -0.4 is 10.9 Å². The van der Waals surface area contributed by atoms with Gasteiger partial charge in [-0.2, -0.15) is 18.4 Å². The summed E-state index contributed by atoms with van der Waals surface area (Å²) in [5.41, 5.74) is -1.53. The van der Waals surface area contributed by atoms with Crippen molar-refractivity contribution in [2.75, 3.05) is 6.54 Å². The van der Waals surface area contributed by atoms with Crippen LogP contribution in [-0.4, -0.2) is 33.2 Å². The van der Waals surface area contributed by atoms with E-state index in [0.717, 1.165) is 12.1 Å². The normalized spacial score (nSPS) is 15.1. The van der Waals surface area contributed by atoms with Crippen LogP contribution in [0.3, 0.4) is 0 Å². The molecule has 1 aromatic heterocycles. The Labute approximate surface area is 193 Å². The summed E-state index contributed by atoms with van der Waals surface area (Å²) in [6.45, 7) is -0.826. The minimum Gasteiger partial charge on any atom is -0.506 e. The minimum atomic E-state index is -4.51. The van der Waals surface area contributed by atoms with Gasteiger partial charge < -0.3 is 20.1 Å². The number of carbonyl (C=O) groups excluding carboxylic acids is 1. The van der Waals surface area contributed by atoms with E-state index in [1.807, 2.05) is 11.4 Å². The van der Waals surface area contributed by atoms with E-state index in [4.69, 9.17) is 5.11 Å². The Morgan fingerprint density at radius 2 is 1.91 bits per heavy atom. The van der Waals surface area contributed by atoms with Gasteiger partial charge >= 0.3 is 12.1 Å². The van der Waals surface area contributed by atoms with Crippen LogP contribution in [0.2, 0.25) is 0 Å². The van der Waals surface area contributed by atoms with Crippen molar-refractivity contribution < 1.29 is 33.0 Å². The lowest BCUT2D eigenvalue weighted by Gasteiger charge is -2.28. The van der Waals surface area contributed by atoms with Crippen molar-refractivity contribution >= 4 is 34.5 Å². The fraction of sp³-hybridized carbons (Fsp3) is 0.182. The highest BCUT2D eigenvalue weighted by atomic mass is 32.2. The van der Waals surface area contributed by atoms with Crippen LogP contribution in [-0.2, 0) is 17.5 Å². The Bertz CT molecular complexity index is 1440. The topological polar surface area (TPSA) is 132 Å². The van der Waals surface area contributed by atoms with Gasteiger partial charge in [-0.1, -0.05) is 12.1 Å². The van der Waals surface area contributed by atoms with Crippen LogP contribution in [0.5, 0.6) is 5.75 Å². The van der Waals surface area contributed by atoms with Crippen LogP contribution >= 0.6 is 11.8 Å². The number of aromatic hydroxyl groups is 1. The van der Waals surface area contributed by atoms with Gasteiger partial charge in [0.25, 0.3) is 11.5 Å². The number of amides is 1. The Kier molecular flexibility index (Phi) is 5.74. The maximum absolute atomic E-state index is 13.2. The molecular weight excluding hydrogens is 475 g/mol. The molecule has 0 saturated carbocycles. The zero-order valence-electron chi connectivity index (χ0n) is 17.0. The van der Waals surface area contributed by atoms with Gasteiger partial charge in [0.2, 0.25) is 0 Å². The Morgan fingerprint density at radius 3 is 2.50 bits per heavy atom. The molecule has 1 aliphatic heterocycles. The number of alkyl halides is 3. The maximum atomic E-state index is 13.2. The van der Waals surface area contributed by atoms with E-state index in [9.17, 15) is 37.9 Å². The first-order chi connectivity index (χ1) is 16.0. The molecule has 3 aromatic rings. The minimum absolute atomic E-state index is 0.0379. The molecule has 4 rings (SSSR count). The highest BCUT2D eigenvalue weighted by Crippen LogP contribution is 2.46. The van der Waals surface area contributed by atoms with Gasteiger partial charge in [-0.05, 0) is 29.8 Å². The molecule has 0 radical (unpaired) electrons.